The molecule has 2 rings (SSSR count). The SMILES string of the molecule is Nc1cncc(N2CCOC(F)C2)c1. The highest BCUT2D eigenvalue weighted by Crippen LogP contribution is 2.18. The maximum absolute atomic E-state index is 12.9. The first-order valence-electron chi connectivity index (χ1n) is 4.47. The molecular weight excluding hydrogens is 185 g/mol. The summed E-state index contributed by atoms with van der Waals surface area (Å²) in [4.78, 5) is 5.83. The van der Waals surface area contributed by atoms with Gasteiger partial charge in [-0.1, -0.05) is 0 Å². The van der Waals surface area contributed by atoms with E-state index in [1.54, 1.807) is 18.5 Å². The first-order valence-corrected chi connectivity index (χ1v) is 4.47. The zero-order valence-electron chi connectivity index (χ0n) is 7.69. The molecule has 14 heavy (non-hydrogen) atoms. The molecule has 1 unspecified atom stereocenters. The molecule has 1 saturated heterocycles. The lowest BCUT2D eigenvalue weighted by molar-refractivity contribution is -0.0465. The number of rotatable bonds is 1. The van der Waals surface area contributed by atoms with Gasteiger partial charge in [0.2, 0.25) is 6.36 Å². The highest BCUT2D eigenvalue weighted by Gasteiger charge is 2.19. The van der Waals surface area contributed by atoms with Crippen molar-refractivity contribution in [2.75, 3.05) is 30.3 Å². The van der Waals surface area contributed by atoms with Gasteiger partial charge >= 0.3 is 0 Å². The summed E-state index contributed by atoms with van der Waals surface area (Å²) in [7, 11) is 0. The minimum atomic E-state index is -1.22. The standard InChI is InChI=1S/C9H12FN3O/c10-9-6-13(1-2-14-9)8-3-7(11)4-12-5-8/h3-5,9H,1-2,6,11H2. The second-order valence-electron chi connectivity index (χ2n) is 3.20. The summed E-state index contributed by atoms with van der Waals surface area (Å²) in [6.07, 6.45) is 2.02. The molecule has 1 aromatic rings. The molecule has 2 heterocycles. The Labute approximate surface area is 81.5 Å². The number of anilines is 2. The van der Waals surface area contributed by atoms with E-state index in [9.17, 15) is 4.39 Å². The van der Waals surface area contributed by atoms with E-state index in [-0.39, 0.29) is 6.54 Å². The highest BCUT2D eigenvalue weighted by molar-refractivity contribution is 5.53. The lowest BCUT2D eigenvalue weighted by atomic mass is 10.3. The summed E-state index contributed by atoms with van der Waals surface area (Å²) >= 11 is 0. The van der Waals surface area contributed by atoms with E-state index in [2.05, 4.69) is 4.98 Å². The van der Waals surface area contributed by atoms with Crippen LogP contribution in [0.2, 0.25) is 0 Å². The topological polar surface area (TPSA) is 51.4 Å². The Morgan fingerprint density at radius 1 is 1.57 bits per heavy atom. The lowest BCUT2D eigenvalue weighted by Gasteiger charge is -2.30. The fourth-order valence-corrected chi connectivity index (χ4v) is 1.46. The Balaban J connectivity index is 2.14. The number of hydrogen-bond acceptors (Lipinski definition) is 4. The van der Waals surface area contributed by atoms with E-state index in [0.29, 0.717) is 18.8 Å². The van der Waals surface area contributed by atoms with Crippen molar-refractivity contribution in [2.45, 2.75) is 6.36 Å². The van der Waals surface area contributed by atoms with Crippen molar-refractivity contribution in [2.24, 2.45) is 0 Å². The largest absolute Gasteiger partial charge is 0.397 e. The minimum absolute atomic E-state index is 0.241. The number of alkyl halides is 1. The van der Waals surface area contributed by atoms with Crippen LogP contribution in [0.1, 0.15) is 0 Å². The van der Waals surface area contributed by atoms with Crippen LogP contribution in [-0.2, 0) is 4.74 Å². The molecule has 76 valence electrons. The summed E-state index contributed by atoms with van der Waals surface area (Å²) in [6.45, 7) is 1.31. The summed E-state index contributed by atoms with van der Waals surface area (Å²) in [5.74, 6) is 0. The van der Waals surface area contributed by atoms with Crippen LogP contribution < -0.4 is 10.6 Å². The van der Waals surface area contributed by atoms with Gasteiger partial charge in [-0.2, -0.15) is 0 Å². The van der Waals surface area contributed by atoms with Gasteiger partial charge in [-0.3, -0.25) is 4.98 Å². The Kier molecular flexibility index (Phi) is 2.49. The molecule has 5 heteroatoms. The first kappa shape index (κ1) is 9.21. The zero-order valence-corrected chi connectivity index (χ0v) is 7.69. The minimum Gasteiger partial charge on any atom is -0.397 e. The fourth-order valence-electron chi connectivity index (χ4n) is 1.46. The van der Waals surface area contributed by atoms with Gasteiger partial charge in [-0.15, -0.1) is 0 Å². The average molecular weight is 197 g/mol. The van der Waals surface area contributed by atoms with Gasteiger partial charge in [0.05, 0.1) is 30.7 Å². The van der Waals surface area contributed by atoms with Crippen LogP contribution >= 0.6 is 0 Å². The van der Waals surface area contributed by atoms with Crippen molar-refractivity contribution in [3.8, 4) is 0 Å². The summed E-state index contributed by atoms with van der Waals surface area (Å²) < 4.78 is 17.7. The molecule has 0 saturated carbocycles. The van der Waals surface area contributed by atoms with Crippen LogP contribution in [-0.4, -0.2) is 31.0 Å². The van der Waals surface area contributed by atoms with Crippen molar-refractivity contribution < 1.29 is 9.13 Å². The number of pyridine rings is 1. The second kappa shape index (κ2) is 3.79. The average Bonchev–Trinajstić information content (AvgIpc) is 2.18. The number of aromatic nitrogens is 1. The van der Waals surface area contributed by atoms with Gasteiger partial charge in [0.25, 0.3) is 0 Å². The Bertz CT molecular complexity index is 321. The third-order valence-electron chi connectivity index (χ3n) is 2.13. The van der Waals surface area contributed by atoms with Gasteiger partial charge in [-0.25, -0.2) is 4.39 Å². The molecule has 4 nitrogen and oxygen atoms in total. The quantitative estimate of drug-likeness (QED) is 0.723. The molecular formula is C9H12FN3O. The fraction of sp³-hybridized carbons (Fsp3) is 0.444. The van der Waals surface area contributed by atoms with Gasteiger partial charge in [0.15, 0.2) is 0 Å². The Hall–Kier alpha value is -1.36. The molecule has 1 atom stereocenters. The van der Waals surface area contributed by atoms with Crippen LogP contribution in [0.5, 0.6) is 0 Å². The lowest BCUT2D eigenvalue weighted by Crippen LogP contribution is -2.40. The van der Waals surface area contributed by atoms with Crippen molar-refractivity contribution in [1.29, 1.82) is 0 Å². The molecule has 0 aliphatic carbocycles. The van der Waals surface area contributed by atoms with Crippen LogP contribution in [0.3, 0.4) is 0 Å². The molecule has 2 N–H and O–H groups in total. The van der Waals surface area contributed by atoms with E-state index in [4.69, 9.17) is 10.5 Å². The molecule has 0 bridgehead atoms. The number of hydrogen-bond donors (Lipinski definition) is 1. The monoisotopic (exact) mass is 197 g/mol. The van der Waals surface area contributed by atoms with Crippen LogP contribution in [0, 0.1) is 0 Å². The Morgan fingerprint density at radius 3 is 3.14 bits per heavy atom. The van der Waals surface area contributed by atoms with E-state index >= 15 is 0 Å². The third kappa shape index (κ3) is 1.93. The highest BCUT2D eigenvalue weighted by atomic mass is 19.1. The number of morpholine rings is 1. The molecule has 0 aromatic carbocycles. The molecule has 0 amide bonds. The molecule has 1 fully saturated rings. The smallest absolute Gasteiger partial charge is 0.216 e. The number of nitrogens with two attached hydrogens (primary N) is 1. The number of nitrogens with zero attached hydrogens (tertiary/aromatic N) is 2. The second-order valence-corrected chi connectivity index (χ2v) is 3.20. The van der Waals surface area contributed by atoms with E-state index in [1.165, 1.54) is 0 Å². The maximum atomic E-state index is 12.9. The predicted octanol–water partition coefficient (Wildman–Crippen LogP) is 0.796. The van der Waals surface area contributed by atoms with Crippen molar-refractivity contribution in [3.63, 3.8) is 0 Å². The number of nitrogen functional groups attached to an aromatic ring is 1. The molecule has 0 radical (unpaired) electrons. The molecule has 1 aliphatic rings. The summed E-state index contributed by atoms with van der Waals surface area (Å²) in [5, 5.41) is 0. The van der Waals surface area contributed by atoms with Crippen LogP contribution in [0.25, 0.3) is 0 Å². The van der Waals surface area contributed by atoms with Crippen LogP contribution in [0.15, 0.2) is 18.5 Å². The predicted molar refractivity (Wildman–Crippen MR) is 51.7 cm³/mol. The summed E-state index contributed by atoms with van der Waals surface area (Å²) in [6, 6.07) is 1.78. The van der Waals surface area contributed by atoms with Gasteiger partial charge in [0, 0.05) is 12.7 Å². The van der Waals surface area contributed by atoms with Crippen molar-refractivity contribution in [3.05, 3.63) is 18.5 Å². The third-order valence-corrected chi connectivity index (χ3v) is 2.13. The van der Waals surface area contributed by atoms with E-state index in [1.807, 2.05) is 4.90 Å². The molecule has 1 aliphatic heterocycles. The number of halogens is 1. The van der Waals surface area contributed by atoms with E-state index < -0.39 is 6.36 Å². The van der Waals surface area contributed by atoms with Gasteiger partial charge in [0.1, 0.15) is 0 Å². The van der Waals surface area contributed by atoms with Crippen molar-refractivity contribution in [1.82, 2.24) is 4.98 Å². The zero-order chi connectivity index (χ0) is 9.97. The Morgan fingerprint density at radius 2 is 2.43 bits per heavy atom. The first-order chi connectivity index (χ1) is 6.75. The number of ether oxygens (including phenoxy) is 1. The normalized spacial score (nSPS) is 22.4. The van der Waals surface area contributed by atoms with Gasteiger partial charge < -0.3 is 15.4 Å². The molecule has 0 spiro atoms. The molecule has 1 aromatic heterocycles. The van der Waals surface area contributed by atoms with Gasteiger partial charge in [-0.05, 0) is 6.07 Å². The maximum Gasteiger partial charge on any atom is 0.216 e. The van der Waals surface area contributed by atoms with Crippen molar-refractivity contribution >= 4 is 11.4 Å². The van der Waals surface area contributed by atoms with E-state index in [0.717, 1.165) is 5.69 Å². The summed E-state index contributed by atoms with van der Waals surface area (Å²) in [5.41, 5.74) is 7.02. The van der Waals surface area contributed by atoms with Crippen LogP contribution in [0.4, 0.5) is 15.8 Å².